The molecule has 0 aliphatic rings. The lowest BCUT2D eigenvalue weighted by molar-refractivity contribution is -0.0975. The van der Waals surface area contributed by atoms with Gasteiger partial charge in [-0.3, -0.25) is 0 Å². The lowest BCUT2D eigenvalue weighted by Gasteiger charge is -2.36. The molecule has 1 aromatic carbocycles. The summed E-state index contributed by atoms with van der Waals surface area (Å²) in [4.78, 5) is 0. The summed E-state index contributed by atoms with van der Waals surface area (Å²) in [6.07, 6.45) is -1.26. The number of hydrogen-bond acceptors (Lipinski definition) is 1. The third-order valence-electron chi connectivity index (χ3n) is 3.33. The molecule has 0 bridgehead atoms. The van der Waals surface area contributed by atoms with Gasteiger partial charge in [-0.05, 0) is 30.5 Å². The van der Waals surface area contributed by atoms with E-state index in [4.69, 9.17) is 0 Å². The van der Waals surface area contributed by atoms with Crippen LogP contribution < -0.4 is 0 Å². The van der Waals surface area contributed by atoms with Crippen molar-refractivity contribution in [3.8, 4) is 0 Å². The molecule has 18 heavy (non-hydrogen) atoms. The largest absolute Gasteiger partial charge is 0.385 e. The van der Waals surface area contributed by atoms with Gasteiger partial charge in [0, 0.05) is 4.47 Å². The van der Waals surface area contributed by atoms with E-state index in [2.05, 4.69) is 15.9 Å². The Balaban J connectivity index is 3.16. The van der Waals surface area contributed by atoms with Crippen LogP contribution in [0.3, 0.4) is 0 Å². The van der Waals surface area contributed by atoms with Gasteiger partial charge in [0.25, 0.3) is 0 Å². The van der Waals surface area contributed by atoms with Gasteiger partial charge in [0.15, 0.2) is 0 Å². The van der Waals surface area contributed by atoms with Gasteiger partial charge in [0.1, 0.15) is 0 Å². The summed E-state index contributed by atoms with van der Waals surface area (Å²) in [6.45, 7) is 3.58. The first-order valence-electron chi connectivity index (χ1n) is 6.22. The highest BCUT2D eigenvalue weighted by molar-refractivity contribution is 9.10. The minimum Gasteiger partial charge on any atom is -0.385 e. The topological polar surface area (TPSA) is 20.2 Å². The van der Waals surface area contributed by atoms with E-state index < -0.39 is 17.9 Å². The SMILES string of the molecule is CCCC(O)(c1ccc(Br)cc1)C(CC)C(F)F. The summed E-state index contributed by atoms with van der Waals surface area (Å²) in [7, 11) is 0. The van der Waals surface area contributed by atoms with E-state index in [-0.39, 0.29) is 6.42 Å². The minimum atomic E-state index is -2.52. The molecular formula is C14H19BrF2O. The van der Waals surface area contributed by atoms with Crippen molar-refractivity contribution in [3.05, 3.63) is 34.3 Å². The fourth-order valence-electron chi connectivity index (χ4n) is 2.39. The Morgan fingerprint density at radius 1 is 1.22 bits per heavy atom. The third kappa shape index (κ3) is 3.29. The van der Waals surface area contributed by atoms with E-state index >= 15 is 0 Å². The molecule has 0 fully saturated rings. The van der Waals surface area contributed by atoms with Gasteiger partial charge < -0.3 is 5.11 Å². The Hall–Kier alpha value is -0.480. The molecule has 4 heteroatoms. The average Bonchev–Trinajstić information content (AvgIpc) is 2.30. The first kappa shape index (κ1) is 15.6. The highest BCUT2D eigenvalue weighted by Crippen LogP contribution is 2.39. The van der Waals surface area contributed by atoms with Gasteiger partial charge in [0.05, 0.1) is 11.5 Å². The second-order valence-electron chi connectivity index (χ2n) is 4.53. The van der Waals surface area contributed by atoms with Gasteiger partial charge >= 0.3 is 0 Å². The van der Waals surface area contributed by atoms with Crippen molar-refractivity contribution in [2.24, 2.45) is 5.92 Å². The van der Waals surface area contributed by atoms with Crippen LogP contribution in [0.4, 0.5) is 8.78 Å². The van der Waals surface area contributed by atoms with Crippen LogP contribution in [0.5, 0.6) is 0 Å². The van der Waals surface area contributed by atoms with E-state index in [0.29, 0.717) is 18.4 Å². The van der Waals surface area contributed by atoms with Gasteiger partial charge in [-0.1, -0.05) is 48.3 Å². The number of halogens is 3. The Morgan fingerprint density at radius 2 is 1.78 bits per heavy atom. The highest BCUT2D eigenvalue weighted by Gasteiger charge is 2.41. The fourth-order valence-corrected chi connectivity index (χ4v) is 2.65. The van der Waals surface area contributed by atoms with E-state index in [0.717, 1.165) is 4.47 Å². The Bertz CT molecular complexity index is 367. The van der Waals surface area contributed by atoms with Crippen LogP contribution in [0.25, 0.3) is 0 Å². The summed E-state index contributed by atoms with van der Waals surface area (Å²) >= 11 is 3.30. The average molecular weight is 321 g/mol. The molecule has 0 spiro atoms. The number of benzene rings is 1. The summed E-state index contributed by atoms with van der Waals surface area (Å²) in [6, 6.07) is 6.97. The van der Waals surface area contributed by atoms with Crippen LogP contribution in [0.2, 0.25) is 0 Å². The molecule has 0 heterocycles. The van der Waals surface area contributed by atoms with Gasteiger partial charge in [-0.2, -0.15) is 0 Å². The van der Waals surface area contributed by atoms with Crippen LogP contribution in [-0.4, -0.2) is 11.5 Å². The van der Waals surface area contributed by atoms with Crippen molar-refractivity contribution < 1.29 is 13.9 Å². The lowest BCUT2D eigenvalue weighted by atomic mass is 9.77. The smallest absolute Gasteiger partial charge is 0.244 e. The second kappa shape index (κ2) is 6.62. The summed E-state index contributed by atoms with van der Waals surface area (Å²) in [5.41, 5.74) is -0.877. The van der Waals surface area contributed by atoms with Crippen molar-refractivity contribution in [1.82, 2.24) is 0 Å². The maximum absolute atomic E-state index is 13.1. The zero-order valence-electron chi connectivity index (χ0n) is 10.7. The molecule has 2 atom stereocenters. The molecular weight excluding hydrogens is 302 g/mol. The van der Waals surface area contributed by atoms with Crippen LogP contribution in [0.15, 0.2) is 28.7 Å². The molecule has 0 radical (unpaired) electrons. The van der Waals surface area contributed by atoms with Crippen molar-refractivity contribution >= 4 is 15.9 Å². The maximum atomic E-state index is 13.1. The van der Waals surface area contributed by atoms with Crippen molar-refractivity contribution in [3.63, 3.8) is 0 Å². The first-order valence-corrected chi connectivity index (χ1v) is 7.01. The molecule has 0 aromatic heterocycles. The summed E-state index contributed by atoms with van der Waals surface area (Å²) < 4.78 is 27.1. The van der Waals surface area contributed by atoms with Crippen LogP contribution in [0, 0.1) is 5.92 Å². The minimum absolute atomic E-state index is 0.254. The van der Waals surface area contributed by atoms with Gasteiger partial charge in [-0.15, -0.1) is 0 Å². The standard InChI is InChI=1S/C14H19BrF2O/c1-3-9-14(18,12(4-2)13(16)17)10-5-7-11(15)8-6-10/h5-8,12-13,18H,3-4,9H2,1-2H3. The normalized spacial score (nSPS) is 16.6. The van der Waals surface area contributed by atoms with Gasteiger partial charge in [0.2, 0.25) is 6.43 Å². The first-order chi connectivity index (χ1) is 8.45. The Morgan fingerprint density at radius 3 is 2.17 bits per heavy atom. The summed E-state index contributed by atoms with van der Waals surface area (Å²) in [5, 5.41) is 10.7. The highest BCUT2D eigenvalue weighted by atomic mass is 79.9. The molecule has 1 aromatic rings. The van der Waals surface area contributed by atoms with E-state index in [1.807, 2.05) is 6.92 Å². The molecule has 0 saturated heterocycles. The van der Waals surface area contributed by atoms with Crippen molar-refractivity contribution in [1.29, 1.82) is 0 Å². The number of aliphatic hydroxyl groups is 1. The lowest BCUT2D eigenvalue weighted by Crippen LogP contribution is -2.39. The molecule has 0 aliphatic carbocycles. The predicted octanol–water partition coefficient (Wildman–Crippen LogP) is 4.73. The van der Waals surface area contributed by atoms with Crippen LogP contribution in [-0.2, 0) is 5.60 Å². The second-order valence-corrected chi connectivity index (χ2v) is 5.45. The van der Waals surface area contributed by atoms with Crippen LogP contribution >= 0.6 is 15.9 Å². The maximum Gasteiger partial charge on any atom is 0.244 e. The predicted molar refractivity (Wildman–Crippen MR) is 72.7 cm³/mol. The quantitative estimate of drug-likeness (QED) is 0.803. The van der Waals surface area contributed by atoms with Crippen molar-refractivity contribution in [2.75, 3.05) is 0 Å². The molecule has 0 saturated carbocycles. The Kier molecular flexibility index (Phi) is 5.73. The Labute approximate surface area is 115 Å². The monoisotopic (exact) mass is 320 g/mol. The molecule has 0 aliphatic heterocycles. The molecule has 1 N–H and O–H groups in total. The summed E-state index contributed by atoms with van der Waals surface area (Å²) in [5.74, 6) is -1.03. The molecule has 0 amide bonds. The van der Waals surface area contributed by atoms with E-state index in [1.165, 1.54) is 0 Å². The molecule has 2 unspecified atom stereocenters. The van der Waals surface area contributed by atoms with E-state index in [9.17, 15) is 13.9 Å². The number of rotatable bonds is 6. The number of alkyl halides is 2. The molecule has 102 valence electrons. The zero-order chi connectivity index (χ0) is 13.8. The molecule has 1 rings (SSSR count). The molecule has 1 nitrogen and oxygen atoms in total. The number of hydrogen-bond donors (Lipinski definition) is 1. The van der Waals surface area contributed by atoms with Crippen molar-refractivity contribution in [2.45, 2.75) is 45.1 Å². The van der Waals surface area contributed by atoms with Gasteiger partial charge in [-0.25, -0.2) is 8.78 Å². The van der Waals surface area contributed by atoms with E-state index in [1.54, 1.807) is 31.2 Å². The van der Waals surface area contributed by atoms with Crippen LogP contribution in [0.1, 0.15) is 38.7 Å². The fraction of sp³-hybridized carbons (Fsp3) is 0.571. The third-order valence-corrected chi connectivity index (χ3v) is 3.86. The zero-order valence-corrected chi connectivity index (χ0v) is 12.3.